The maximum absolute atomic E-state index is 13.6. The quantitative estimate of drug-likeness (QED) is 0.539. The largest absolute Gasteiger partial charge is 0.379 e. The van der Waals surface area contributed by atoms with Crippen molar-refractivity contribution in [1.82, 2.24) is 9.88 Å². The molecule has 0 saturated carbocycles. The molecule has 0 unspecified atom stereocenters. The van der Waals surface area contributed by atoms with Crippen LogP contribution in [0.4, 0.5) is 5.13 Å². The predicted octanol–water partition coefficient (Wildman–Crippen LogP) is 3.33. The van der Waals surface area contributed by atoms with E-state index in [1.807, 2.05) is 12.1 Å². The van der Waals surface area contributed by atoms with Crippen molar-refractivity contribution in [1.29, 1.82) is 0 Å². The number of fused-ring (bicyclic) bond motifs is 1. The van der Waals surface area contributed by atoms with Crippen LogP contribution < -0.4 is 4.90 Å². The van der Waals surface area contributed by atoms with Gasteiger partial charge in [0, 0.05) is 37.5 Å². The Labute approximate surface area is 190 Å². The normalized spacial score (nSPS) is 15.3. The number of thiazole rings is 1. The van der Waals surface area contributed by atoms with Gasteiger partial charge in [0.1, 0.15) is 0 Å². The zero-order chi connectivity index (χ0) is 22.0. The molecule has 3 aromatic rings. The number of carbonyl (C=O) groups excluding carboxylic acids is 1. The van der Waals surface area contributed by atoms with Crippen molar-refractivity contribution in [3.05, 3.63) is 53.1 Å². The van der Waals surface area contributed by atoms with Crippen LogP contribution in [0.15, 0.2) is 47.4 Å². The Kier molecular flexibility index (Phi) is 6.59. The number of anilines is 1. The Hall–Kier alpha value is -2.04. The molecule has 4 rings (SSSR count). The number of halogens is 1. The number of sulfone groups is 1. The van der Waals surface area contributed by atoms with Gasteiger partial charge in [0.15, 0.2) is 15.0 Å². The van der Waals surface area contributed by atoms with E-state index in [4.69, 9.17) is 16.3 Å². The molecular formula is C21H22ClN3O4S2. The van der Waals surface area contributed by atoms with Gasteiger partial charge in [-0.25, -0.2) is 13.4 Å². The average Bonchev–Trinajstić information content (AvgIpc) is 3.16. The van der Waals surface area contributed by atoms with Crippen LogP contribution in [0.25, 0.3) is 10.2 Å². The van der Waals surface area contributed by atoms with Gasteiger partial charge in [0.25, 0.3) is 5.91 Å². The molecule has 2 heterocycles. The zero-order valence-corrected chi connectivity index (χ0v) is 19.3. The standard InChI is InChI=1S/C21H22ClN3O4S2/c1-31(27,28)19-5-3-2-4-16(19)20(26)25(9-8-24-10-12-29-13-11-24)21-23-17-7-6-15(22)14-18(17)30-21/h2-7,14H,8-13H2,1H3. The average molecular weight is 480 g/mol. The van der Waals surface area contributed by atoms with Crippen LogP contribution in [0, 0.1) is 0 Å². The van der Waals surface area contributed by atoms with E-state index in [2.05, 4.69) is 9.88 Å². The third kappa shape index (κ3) is 5.07. The van der Waals surface area contributed by atoms with Crippen LogP contribution in [0.1, 0.15) is 10.4 Å². The summed E-state index contributed by atoms with van der Waals surface area (Å²) in [6, 6.07) is 11.7. The molecule has 1 fully saturated rings. The van der Waals surface area contributed by atoms with E-state index in [9.17, 15) is 13.2 Å². The first kappa shape index (κ1) is 22.2. The van der Waals surface area contributed by atoms with Crippen LogP contribution in [-0.4, -0.2) is 69.9 Å². The minimum absolute atomic E-state index is 0.0144. The number of nitrogens with zero attached hydrogens (tertiary/aromatic N) is 3. The number of benzene rings is 2. The van der Waals surface area contributed by atoms with Gasteiger partial charge in [-0.1, -0.05) is 35.1 Å². The molecule has 0 bridgehead atoms. The summed E-state index contributed by atoms with van der Waals surface area (Å²) in [5.41, 5.74) is 0.884. The van der Waals surface area contributed by atoms with E-state index in [1.54, 1.807) is 29.2 Å². The first-order chi connectivity index (χ1) is 14.8. The highest BCUT2D eigenvalue weighted by atomic mass is 35.5. The van der Waals surface area contributed by atoms with Gasteiger partial charge in [-0.05, 0) is 30.3 Å². The van der Waals surface area contributed by atoms with Crippen LogP contribution in [0.2, 0.25) is 5.02 Å². The van der Waals surface area contributed by atoms with Crippen molar-refractivity contribution in [2.45, 2.75) is 4.90 Å². The van der Waals surface area contributed by atoms with Gasteiger partial charge in [0.05, 0.1) is 33.9 Å². The summed E-state index contributed by atoms with van der Waals surface area (Å²) in [7, 11) is -3.57. The number of morpholine rings is 1. The molecular weight excluding hydrogens is 458 g/mol. The summed E-state index contributed by atoms with van der Waals surface area (Å²) in [5, 5.41) is 1.11. The number of aromatic nitrogens is 1. The van der Waals surface area contributed by atoms with Gasteiger partial charge < -0.3 is 4.74 Å². The molecule has 1 aliphatic rings. The van der Waals surface area contributed by atoms with Crippen LogP contribution >= 0.6 is 22.9 Å². The first-order valence-electron chi connectivity index (χ1n) is 9.80. The Morgan fingerprint density at radius 1 is 1.23 bits per heavy atom. The summed E-state index contributed by atoms with van der Waals surface area (Å²) in [6.07, 6.45) is 1.11. The minimum Gasteiger partial charge on any atom is -0.379 e. The second-order valence-electron chi connectivity index (χ2n) is 7.29. The van der Waals surface area contributed by atoms with Gasteiger partial charge in [-0.15, -0.1) is 0 Å². The van der Waals surface area contributed by atoms with Crippen LogP contribution in [-0.2, 0) is 14.6 Å². The molecule has 164 valence electrons. The molecule has 1 aromatic heterocycles. The van der Waals surface area contributed by atoms with E-state index in [0.717, 1.165) is 29.6 Å². The monoisotopic (exact) mass is 479 g/mol. The SMILES string of the molecule is CS(=O)(=O)c1ccccc1C(=O)N(CCN1CCOCC1)c1nc2ccc(Cl)cc2s1. The maximum Gasteiger partial charge on any atom is 0.261 e. The van der Waals surface area contributed by atoms with Crippen molar-refractivity contribution < 1.29 is 17.9 Å². The fourth-order valence-electron chi connectivity index (χ4n) is 3.46. The molecule has 0 N–H and O–H groups in total. The molecule has 31 heavy (non-hydrogen) atoms. The molecule has 0 radical (unpaired) electrons. The summed E-state index contributed by atoms with van der Waals surface area (Å²) < 4.78 is 30.8. The molecule has 1 aliphatic heterocycles. The molecule has 0 atom stereocenters. The smallest absolute Gasteiger partial charge is 0.261 e. The van der Waals surface area contributed by atoms with Crippen LogP contribution in [0.5, 0.6) is 0 Å². The highest BCUT2D eigenvalue weighted by molar-refractivity contribution is 7.90. The van der Waals surface area contributed by atoms with Crippen molar-refractivity contribution >= 4 is 54.0 Å². The molecule has 0 aliphatic carbocycles. The summed E-state index contributed by atoms with van der Waals surface area (Å²) >= 11 is 7.47. The lowest BCUT2D eigenvalue weighted by Gasteiger charge is -2.29. The van der Waals surface area contributed by atoms with Crippen molar-refractivity contribution in [2.75, 3.05) is 50.5 Å². The highest BCUT2D eigenvalue weighted by Crippen LogP contribution is 2.32. The summed E-state index contributed by atoms with van der Waals surface area (Å²) in [5.74, 6) is -0.389. The van der Waals surface area contributed by atoms with Gasteiger partial charge >= 0.3 is 0 Å². The molecule has 2 aromatic carbocycles. The highest BCUT2D eigenvalue weighted by Gasteiger charge is 2.27. The van der Waals surface area contributed by atoms with Crippen molar-refractivity contribution in [2.24, 2.45) is 0 Å². The Morgan fingerprint density at radius 3 is 2.71 bits per heavy atom. The van der Waals surface area contributed by atoms with E-state index in [0.29, 0.717) is 36.5 Å². The fourth-order valence-corrected chi connectivity index (χ4v) is 5.61. The third-order valence-electron chi connectivity index (χ3n) is 5.08. The van der Waals surface area contributed by atoms with E-state index < -0.39 is 9.84 Å². The number of amides is 1. The third-order valence-corrected chi connectivity index (χ3v) is 7.51. The minimum atomic E-state index is -3.57. The Morgan fingerprint density at radius 2 is 1.97 bits per heavy atom. The molecule has 10 heteroatoms. The second-order valence-corrected chi connectivity index (χ2v) is 10.7. The fraction of sp³-hybridized carbons (Fsp3) is 0.333. The molecule has 7 nitrogen and oxygen atoms in total. The molecule has 0 spiro atoms. The van der Waals surface area contributed by atoms with E-state index in [1.165, 1.54) is 17.4 Å². The summed E-state index contributed by atoms with van der Waals surface area (Å²) in [4.78, 5) is 22.0. The number of ether oxygens (including phenoxy) is 1. The Bertz CT molecular complexity index is 1210. The number of hydrogen-bond donors (Lipinski definition) is 0. The number of rotatable bonds is 6. The van der Waals surface area contributed by atoms with Gasteiger partial charge in [-0.2, -0.15) is 0 Å². The van der Waals surface area contributed by atoms with Crippen molar-refractivity contribution in [3.63, 3.8) is 0 Å². The molecule has 1 amide bonds. The maximum atomic E-state index is 13.6. The second kappa shape index (κ2) is 9.22. The van der Waals surface area contributed by atoms with Gasteiger partial charge in [0.2, 0.25) is 0 Å². The lowest BCUT2D eigenvalue weighted by Crippen LogP contribution is -2.43. The van der Waals surface area contributed by atoms with E-state index >= 15 is 0 Å². The number of carbonyl (C=O) groups is 1. The lowest BCUT2D eigenvalue weighted by atomic mass is 10.2. The predicted molar refractivity (Wildman–Crippen MR) is 123 cm³/mol. The Balaban J connectivity index is 1.71. The van der Waals surface area contributed by atoms with E-state index in [-0.39, 0.29) is 16.4 Å². The van der Waals surface area contributed by atoms with Crippen molar-refractivity contribution in [3.8, 4) is 0 Å². The topological polar surface area (TPSA) is 79.8 Å². The number of hydrogen-bond acceptors (Lipinski definition) is 7. The molecule has 1 saturated heterocycles. The summed E-state index contributed by atoms with van der Waals surface area (Å²) in [6.45, 7) is 3.90. The lowest BCUT2D eigenvalue weighted by molar-refractivity contribution is 0.0391. The first-order valence-corrected chi connectivity index (χ1v) is 12.9. The van der Waals surface area contributed by atoms with Crippen LogP contribution in [0.3, 0.4) is 0 Å². The van der Waals surface area contributed by atoms with Gasteiger partial charge in [-0.3, -0.25) is 14.6 Å². The zero-order valence-electron chi connectivity index (χ0n) is 17.0.